The number of nitrogens with one attached hydrogen (secondary N) is 2. The lowest BCUT2D eigenvalue weighted by Crippen LogP contribution is -2.52. The number of hydrazine groups is 1. The molecule has 0 heterocycles. The Bertz CT molecular complexity index is 398. The van der Waals surface area contributed by atoms with Crippen LogP contribution in [0.5, 0.6) is 0 Å². The summed E-state index contributed by atoms with van der Waals surface area (Å²) in [5.74, 6) is 0.130. The molecule has 1 fully saturated rings. The van der Waals surface area contributed by atoms with Gasteiger partial charge in [-0.15, -0.1) is 0 Å². The van der Waals surface area contributed by atoms with E-state index in [9.17, 15) is 4.79 Å². The van der Waals surface area contributed by atoms with E-state index in [1.807, 2.05) is 0 Å². The van der Waals surface area contributed by atoms with Crippen LogP contribution in [0.4, 0.5) is 4.79 Å². The van der Waals surface area contributed by atoms with Crippen molar-refractivity contribution in [3.63, 3.8) is 0 Å². The van der Waals surface area contributed by atoms with Crippen molar-refractivity contribution < 1.29 is 9.53 Å². The summed E-state index contributed by atoms with van der Waals surface area (Å²) in [6.07, 6.45) is 4.78. The number of ether oxygens (including phenoxy) is 1. The molecule has 0 aromatic heterocycles. The number of halogens is 1. The number of nitrogens with zero attached hydrogens (tertiary/aromatic N) is 1. The lowest BCUT2D eigenvalue weighted by molar-refractivity contribution is 0.0377. The van der Waals surface area contributed by atoms with Gasteiger partial charge in [0.25, 0.3) is 0 Å². The number of hydrogen-bond acceptors (Lipinski definition) is 4. The van der Waals surface area contributed by atoms with E-state index < -0.39 is 11.7 Å². The van der Waals surface area contributed by atoms with Crippen molar-refractivity contribution in [3.05, 3.63) is 10.7 Å². The third-order valence-corrected chi connectivity index (χ3v) is 3.55. The molecule has 0 bridgehead atoms. The molecule has 0 atom stereocenters. The smallest absolute Gasteiger partial charge is 0.426 e. The standard InChI is InChI=1S/C13H23BrN4O2/c1-13(2,3)20-12(19)17-18(9-6-4-5-7-9)11(16)10(14)8-15/h8-9,16H,4-7,15H2,1-3H3,(H,17,19). The van der Waals surface area contributed by atoms with Gasteiger partial charge in [-0.1, -0.05) is 12.8 Å². The Labute approximate surface area is 128 Å². The van der Waals surface area contributed by atoms with E-state index in [-0.39, 0.29) is 11.9 Å². The molecule has 7 heteroatoms. The molecule has 1 aliphatic rings. The maximum absolute atomic E-state index is 11.9. The Morgan fingerprint density at radius 3 is 2.45 bits per heavy atom. The van der Waals surface area contributed by atoms with Crippen LogP contribution >= 0.6 is 15.9 Å². The van der Waals surface area contributed by atoms with Crippen LogP contribution in [0.25, 0.3) is 0 Å². The zero-order valence-electron chi connectivity index (χ0n) is 12.2. The summed E-state index contributed by atoms with van der Waals surface area (Å²) >= 11 is 3.22. The van der Waals surface area contributed by atoms with Gasteiger partial charge in [-0.05, 0) is 49.5 Å². The maximum Gasteiger partial charge on any atom is 0.426 e. The van der Waals surface area contributed by atoms with Gasteiger partial charge in [-0.3, -0.25) is 10.4 Å². The molecule has 114 valence electrons. The molecular weight excluding hydrogens is 324 g/mol. The van der Waals surface area contributed by atoms with E-state index in [0.717, 1.165) is 25.7 Å². The van der Waals surface area contributed by atoms with Gasteiger partial charge in [0.2, 0.25) is 0 Å². The summed E-state index contributed by atoms with van der Waals surface area (Å²) in [6, 6.07) is 0.0996. The number of amides is 1. The summed E-state index contributed by atoms with van der Waals surface area (Å²) in [5.41, 5.74) is 7.50. The summed E-state index contributed by atoms with van der Waals surface area (Å²) < 4.78 is 5.67. The monoisotopic (exact) mass is 346 g/mol. The maximum atomic E-state index is 11.9. The van der Waals surface area contributed by atoms with E-state index in [1.165, 1.54) is 11.2 Å². The molecule has 1 saturated carbocycles. The van der Waals surface area contributed by atoms with Crippen molar-refractivity contribution >= 4 is 27.9 Å². The van der Waals surface area contributed by atoms with E-state index in [4.69, 9.17) is 15.9 Å². The first-order chi connectivity index (χ1) is 9.24. The number of rotatable bonds is 2. The van der Waals surface area contributed by atoms with Crippen LogP contribution in [0.2, 0.25) is 0 Å². The van der Waals surface area contributed by atoms with Gasteiger partial charge in [0, 0.05) is 6.20 Å². The first kappa shape index (κ1) is 16.8. The molecule has 4 N–H and O–H groups in total. The molecule has 1 rings (SSSR count). The summed E-state index contributed by atoms with van der Waals surface area (Å²) in [6.45, 7) is 5.40. The van der Waals surface area contributed by atoms with Crippen LogP contribution in [-0.4, -0.2) is 28.6 Å². The second-order valence-corrected chi connectivity index (χ2v) is 6.64. The third kappa shape index (κ3) is 5.03. The van der Waals surface area contributed by atoms with E-state index in [2.05, 4.69) is 21.4 Å². The van der Waals surface area contributed by atoms with Crippen molar-refractivity contribution in [1.29, 1.82) is 5.41 Å². The molecule has 0 aromatic carbocycles. The van der Waals surface area contributed by atoms with Crippen molar-refractivity contribution in [2.24, 2.45) is 5.73 Å². The molecule has 1 aliphatic carbocycles. The number of carbonyl (C=O) groups is 1. The van der Waals surface area contributed by atoms with Crippen LogP contribution in [0, 0.1) is 5.41 Å². The van der Waals surface area contributed by atoms with Gasteiger partial charge >= 0.3 is 6.09 Å². The fourth-order valence-corrected chi connectivity index (χ4v) is 2.28. The lowest BCUT2D eigenvalue weighted by atomic mass is 10.2. The number of carbonyl (C=O) groups excluding carboxylic acids is 1. The molecule has 20 heavy (non-hydrogen) atoms. The average Bonchev–Trinajstić information content (AvgIpc) is 2.85. The molecule has 0 aromatic rings. The molecule has 0 saturated heterocycles. The minimum atomic E-state index is -0.575. The van der Waals surface area contributed by atoms with Gasteiger partial charge < -0.3 is 10.5 Å². The van der Waals surface area contributed by atoms with Crippen LogP contribution in [-0.2, 0) is 4.74 Å². The van der Waals surface area contributed by atoms with E-state index in [1.54, 1.807) is 20.8 Å². The second kappa shape index (κ2) is 6.97. The predicted octanol–water partition coefficient (Wildman–Crippen LogP) is 2.84. The van der Waals surface area contributed by atoms with E-state index in [0.29, 0.717) is 4.48 Å². The quantitative estimate of drug-likeness (QED) is 0.407. The van der Waals surface area contributed by atoms with Gasteiger partial charge in [-0.25, -0.2) is 10.2 Å². The highest BCUT2D eigenvalue weighted by Crippen LogP contribution is 2.24. The minimum Gasteiger partial charge on any atom is -0.443 e. The van der Waals surface area contributed by atoms with Crippen molar-refractivity contribution in [3.8, 4) is 0 Å². The highest BCUT2D eigenvalue weighted by Gasteiger charge is 2.29. The third-order valence-electron chi connectivity index (χ3n) is 2.91. The van der Waals surface area contributed by atoms with Gasteiger partial charge in [0.1, 0.15) is 5.60 Å². The largest absolute Gasteiger partial charge is 0.443 e. The molecule has 0 spiro atoms. The Balaban J connectivity index is 2.78. The fraction of sp³-hybridized carbons (Fsp3) is 0.692. The fourth-order valence-electron chi connectivity index (χ4n) is 2.09. The number of nitrogens with two attached hydrogens (primary N) is 1. The van der Waals surface area contributed by atoms with Crippen LogP contribution in [0.1, 0.15) is 46.5 Å². The molecule has 1 amide bonds. The van der Waals surface area contributed by atoms with E-state index >= 15 is 0 Å². The van der Waals surface area contributed by atoms with Crippen molar-refractivity contribution in [2.45, 2.75) is 58.1 Å². The van der Waals surface area contributed by atoms with Crippen LogP contribution in [0.15, 0.2) is 10.7 Å². The molecule has 0 unspecified atom stereocenters. The van der Waals surface area contributed by atoms with Gasteiger partial charge in [0.05, 0.1) is 10.5 Å². The molecular formula is C13H23BrN4O2. The Kier molecular flexibility index (Phi) is 5.86. The first-order valence-corrected chi connectivity index (χ1v) is 7.49. The SMILES string of the molecule is CC(C)(C)OC(=O)NN(C(=N)C(Br)=CN)C1CCCC1. The molecule has 0 radical (unpaired) electrons. The van der Waals surface area contributed by atoms with Crippen molar-refractivity contribution in [2.75, 3.05) is 0 Å². The first-order valence-electron chi connectivity index (χ1n) is 6.70. The lowest BCUT2D eigenvalue weighted by Gasteiger charge is -2.32. The Morgan fingerprint density at radius 1 is 1.45 bits per heavy atom. The second-order valence-electron chi connectivity index (χ2n) is 5.79. The normalized spacial score (nSPS) is 16.9. The van der Waals surface area contributed by atoms with Crippen molar-refractivity contribution in [1.82, 2.24) is 10.4 Å². The topological polar surface area (TPSA) is 91.4 Å². The van der Waals surface area contributed by atoms with Crippen LogP contribution < -0.4 is 11.2 Å². The minimum absolute atomic E-state index is 0.0996. The average molecular weight is 347 g/mol. The van der Waals surface area contributed by atoms with Gasteiger partial charge in [0.15, 0.2) is 5.84 Å². The molecule has 6 nitrogen and oxygen atoms in total. The Morgan fingerprint density at radius 2 is 2.00 bits per heavy atom. The van der Waals surface area contributed by atoms with Gasteiger partial charge in [-0.2, -0.15) is 0 Å². The Hall–Kier alpha value is -1.24. The highest BCUT2D eigenvalue weighted by molar-refractivity contribution is 9.12. The highest BCUT2D eigenvalue weighted by atomic mass is 79.9. The van der Waals surface area contributed by atoms with Crippen LogP contribution in [0.3, 0.4) is 0 Å². The molecule has 0 aliphatic heterocycles. The number of hydrogen-bond donors (Lipinski definition) is 3. The summed E-state index contributed by atoms with van der Waals surface area (Å²) in [5, 5.41) is 9.64. The zero-order valence-corrected chi connectivity index (χ0v) is 13.8. The number of amidine groups is 1. The summed E-state index contributed by atoms with van der Waals surface area (Å²) in [7, 11) is 0. The summed E-state index contributed by atoms with van der Waals surface area (Å²) in [4.78, 5) is 11.9. The zero-order chi connectivity index (χ0) is 15.3. The predicted molar refractivity (Wildman–Crippen MR) is 82.4 cm³/mol.